The topological polar surface area (TPSA) is 29.3 Å². The molecule has 0 fully saturated rings. The maximum atomic E-state index is 5.98. The lowest BCUT2D eigenvalue weighted by Gasteiger charge is -2.26. The maximum absolute atomic E-state index is 5.98. The molecule has 0 radical (unpaired) electrons. The van der Waals surface area contributed by atoms with Crippen LogP contribution in [-0.2, 0) is 6.42 Å². The molecule has 16 heavy (non-hydrogen) atoms. The zero-order chi connectivity index (χ0) is 12.2. The van der Waals surface area contributed by atoms with Crippen molar-refractivity contribution in [3.63, 3.8) is 0 Å². The molecule has 0 aliphatic heterocycles. The standard InChI is InChI=1S/C14H24N2/c1-12-5-7-13(8-6-12)9-10-16(4)11-14(2,3)15/h5-8H,9-11,15H2,1-4H3. The molecule has 2 heteroatoms. The Morgan fingerprint density at radius 2 is 1.75 bits per heavy atom. The van der Waals surface area contributed by atoms with E-state index in [-0.39, 0.29) is 5.54 Å². The van der Waals surface area contributed by atoms with Gasteiger partial charge >= 0.3 is 0 Å². The van der Waals surface area contributed by atoms with Crippen molar-refractivity contribution < 1.29 is 0 Å². The molecule has 0 unspecified atom stereocenters. The van der Waals surface area contributed by atoms with Crippen LogP contribution in [0.5, 0.6) is 0 Å². The summed E-state index contributed by atoms with van der Waals surface area (Å²) in [5.74, 6) is 0. The van der Waals surface area contributed by atoms with Gasteiger partial charge in [0.15, 0.2) is 0 Å². The van der Waals surface area contributed by atoms with Crippen molar-refractivity contribution in [1.82, 2.24) is 4.90 Å². The number of benzene rings is 1. The van der Waals surface area contributed by atoms with E-state index in [1.54, 1.807) is 0 Å². The lowest BCUT2D eigenvalue weighted by molar-refractivity contribution is 0.273. The average molecular weight is 220 g/mol. The van der Waals surface area contributed by atoms with E-state index in [1.807, 2.05) is 0 Å². The highest BCUT2D eigenvalue weighted by atomic mass is 15.1. The Balaban J connectivity index is 2.37. The summed E-state index contributed by atoms with van der Waals surface area (Å²) in [6, 6.07) is 8.75. The predicted octanol–water partition coefficient (Wildman–Crippen LogP) is 2.21. The molecule has 2 N–H and O–H groups in total. The van der Waals surface area contributed by atoms with E-state index in [0.717, 1.165) is 19.5 Å². The van der Waals surface area contributed by atoms with Gasteiger partial charge in [-0.25, -0.2) is 0 Å². The molecule has 0 aliphatic rings. The largest absolute Gasteiger partial charge is 0.324 e. The van der Waals surface area contributed by atoms with Crippen LogP contribution in [0.2, 0.25) is 0 Å². The van der Waals surface area contributed by atoms with Gasteiger partial charge in [0.25, 0.3) is 0 Å². The molecular weight excluding hydrogens is 196 g/mol. The van der Waals surface area contributed by atoms with E-state index in [4.69, 9.17) is 5.73 Å². The Morgan fingerprint density at radius 3 is 2.25 bits per heavy atom. The zero-order valence-corrected chi connectivity index (χ0v) is 11.0. The third-order valence-corrected chi connectivity index (χ3v) is 2.58. The van der Waals surface area contributed by atoms with E-state index in [1.165, 1.54) is 11.1 Å². The van der Waals surface area contributed by atoms with Gasteiger partial charge in [-0.3, -0.25) is 0 Å². The summed E-state index contributed by atoms with van der Waals surface area (Å²) in [6.07, 6.45) is 1.09. The van der Waals surface area contributed by atoms with Gasteiger partial charge in [-0.2, -0.15) is 0 Å². The molecule has 0 saturated heterocycles. The fourth-order valence-electron chi connectivity index (χ4n) is 1.85. The highest BCUT2D eigenvalue weighted by molar-refractivity contribution is 5.21. The number of hydrogen-bond donors (Lipinski definition) is 1. The summed E-state index contributed by atoms with van der Waals surface area (Å²) in [7, 11) is 2.13. The van der Waals surface area contributed by atoms with Crippen LogP contribution in [0.25, 0.3) is 0 Å². The molecule has 1 rings (SSSR count). The van der Waals surface area contributed by atoms with Crippen molar-refractivity contribution in [2.24, 2.45) is 5.73 Å². The third kappa shape index (κ3) is 5.29. The van der Waals surface area contributed by atoms with Gasteiger partial charge in [0.1, 0.15) is 0 Å². The van der Waals surface area contributed by atoms with Crippen LogP contribution in [0.15, 0.2) is 24.3 Å². The van der Waals surface area contributed by atoms with Gasteiger partial charge in [-0.05, 0) is 39.8 Å². The van der Waals surface area contributed by atoms with Crippen molar-refractivity contribution in [2.45, 2.75) is 32.7 Å². The molecule has 0 aromatic heterocycles. The minimum atomic E-state index is -0.109. The summed E-state index contributed by atoms with van der Waals surface area (Å²) in [4.78, 5) is 2.29. The van der Waals surface area contributed by atoms with Gasteiger partial charge in [0.05, 0.1) is 0 Å². The lowest BCUT2D eigenvalue weighted by Crippen LogP contribution is -2.44. The normalized spacial score (nSPS) is 12.1. The van der Waals surface area contributed by atoms with E-state index in [9.17, 15) is 0 Å². The molecule has 0 amide bonds. The van der Waals surface area contributed by atoms with Crippen LogP contribution in [0.1, 0.15) is 25.0 Å². The Hall–Kier alpha value is -0.860. The first kappa shape index (κ1) is 13.2. The number of aryl methyl sites for hydroxylation is 1. The Morgan fingerprint density at radius 1 is 1.19 bits per heavy atom. The summed E-state index contributed by atoms with van der Waals surface area (Å²) >= 11 is 0. The highest BCUT2D eigenvalue weighted by Crippen LogP contribution is 2.06. The average Bonchev–Trinajstić information content (AvgIpc) is 2.14. The van der Waals surface area contributed by atoms with Crippen molar-refractivity contribution in [2.75, 3.05) is 20.1 Å². The SMILES string of the molecule is Cc1ccc(CCN(C)CC(C)(C)N)cc1. The Labute approximate surface area is 99.5 Å². The molecule has 1 aromatic carbocycles. The van der Waals surface area contributed by atoms with E-state index in [2.05, 4.69) is 57.0 Å². The second-order valence-electron chi connectivity index (χ2n) is 5.46. The lowest BCUT2D eigenvalue weighted by atomic mass is 10.1. The van der Waals surface area contributed by atoms with Gasteiger partial charge in [-0.15, -0.1) is 0 Å². The summed E-state index contributed by atoms with van der Waals surface area (Å²) in [5.41, 5.74) is 8.59. The number of hydrogen-bond acceptors (Lipinski definition) is 2. The van der Waals surface area contributed by atoms with Crippen molar-refractivity contribution >= 4 is 0 Å². The van der Waals surface area contributed by atoms with E-state index >= 15 is 0 Å². The van der Waals surface area contributed by atoms with Crippen molar-refractivity contribution in [3.8, 4) is 0 Å². The Bertz CT molecular complexity index is 309. The summed E-state index contributed by atoms with van der Waals surface area (Å²) < 4.78 is 0. The summed E-state index contributed by atoms with van der Waals surface area (Å²) in [5, 5.41) is 0. The first-order chi connectivity index (χ1) is 7.37. The van der Waals surface area contributed by atoms with Crippen molar-refractivity contribution in [3.05, 3.63) is 35.4 Å². The van der Waals surface area contributed by atoms with Crippen LogP contribution in [-0.4, -0.2) is 30.6 Å². The molecule has 0 spiro atoms. The first-order valence-corrected chi connectivity index (χ1v) is 5.90. The fourth-order valence-corrected chi connectivity index (χ4v) is 1.85. The van der Waals surface area contributed by atoms with Crippen LogP contribution >= 0.6 is 0 Å². The minimum Gasteiger partial charge on any atom is -0.324 e. The van der Waals surface area contributed by atoms with Crippen LogP contribution in [0.4, 0.5) is 0 Å². The highest BCUT2D eigenvalue weighted by Gasteiger charge is 2.13. The molecule has 2 nitrogen and oxygen atoms in total. The molecule has 0 bridgehead atoms. The number of likely N-dealkylation sites (N-methyl/N-ethyl adjacent to an activating group) is 1. The van der Waals surface area contributed by atoms with E-state index in [0.29, 0.717) is 0 Å². The molecule has 1 aromatic rings. The molecule has 0 atom stereocenters. The van der Waals surface area contributed by atoms with E-state index < -0.39 is 0 Å². The quantitative estimate of drug-likeness (QED) is 0.824. The summed E-state index contributed by atoms with van der Waals surface area (Å²) in [6.45, 7) is 8.24. The monoisotopic (exact) mass is 220 g/mol. The second-order valence-corrected chi connectivity index (χ2v) is 5.46. The molecule has 0 saturated carbocycles. The number of nitrogens with two attached hydrogens (primary N) is 1. The van der Waals surface area contributed by atoms with Crippen molar-refractivity contribution in [1.29, 1.82) is 0 Å². The van der Waals surface area contributed by atoms with Crippen LogP contribution < -0.4 is 5.73 Å². The maximum Gasteiger partial charge on any atom is 0.0225 e. The van der Waals surface area contributed by atoms with Crippen LogP contribution in [0, 0.1) is 6.92 Å². The second kappa shape index (κ2) is 5.46. The predicted molar refractivity (Wildman–Crippen MR) is 70.6 cm³/mol. The van der Waals surface area contributed by atoms with Gasteiger partial charge in [0.2, 0.25) is 0 Å². The molecule has 0 aliphatic carbocycles. The first-order valence-electron chi connectivity index (χ1n) is 5.90. The molecular formula is C14H24N2. The van der Waals surface area contributed by atoms with Gasteiger partial charge in [0, 0.05) is 18.6 Å². The third-order valence-electron chi connectivity index (χ3n) is 2.58. The van der Waals surface area contributed by atoms with Gasteiger partial charge < -0.3 is 10.6 Å². The van der Waals surface area contributed by atoms with Crippen LogP contribution in [0.3, 0.4) is 0 Å². The fraction of sp³-hybridized carbons (Fsp3) is 0.571. The number of nitrogens with zero attached hydrogens (tertiary/aromatic N) is 1. The number of rotatable bonds is 5. The molecule has 90 valence electrons. The molecule has 0 heterocycles. The Kier molecular flexibility index (Phi) is 4.51. The minimum absolute atomic E-state index is 0.109. The van der Waals surface area contributed by atoms with Gasteiger partial charge in [-0.1, -0.05) is 29.8 Å². The smallest absolute Gasteiger partial charge is 0.0225 e. The zero-order valence-electron chi connectivity index (χ0n) is 11.0.